The first-order valence-electron chi connectivity index (χ1n) is 10.5. The summed E-state index contributed by atoms with van der Waals surface area (Å²) in [5.74, 6) is 0.511. The van der Waals surface area contributed by atoms with Gasteiger partial charge in [-0.3, -0.25) is 4.79 Å². The zero-order chi connectivity index (χ0) is 21.5. The van der Waals surface area contributed by atoms with Crippen LogP contribution in [0.15, 0.2) is 23.2 Å². The summed E-state index contributed by atoms with van der Waals surface area (Å²) in [4.78, 5) is 26.0. The van der Waals surface area contributed by atoms with Crippen molar-refractivity contribution in [2.75, 3.05) is 25.1 Å². The summed E-state index contributed by atoms with van der Waals surface area (Å²) < 4.78 is 5.27. The van der Waals surface area contributed by atoms with Gasteiger partial charge in [0.2, 0.25) is 5.82 Å². The number of aliphatic imine (C=N–C) groups is 1. The van der Waals surface area contributed by atoms with E-state index in [1.165, 1.54) is 0 Å². The average molecular weight is 486 g/mol. The number of rotatable bonds is 8. The summed E-state index contributed by atoms with van der Waals surface area (Å²) in [5.41, 5.74) is 13.1. The number of guanidine groups is 1. The van der Waals surface area contributed by atoms with E-state index in [2.05, 4.69) is 25.6 Å². The van der Waals surface area contributed by atoms with E-state index in [1.807, 2.05) is 32.0 Å². The number of ether oxygens (including phenoxy) is 1. The van der Waals surface area contributed by atoms with Crippen molar-refractivity contribution < 1.29 is 9.53 Å². The number of nitrogens with zero attached hydrogens (tertiary/aromatic N) is 3. The summed E-state index contributed by atoms with van der Waals surface area (Å²) >= 11 is 0. The van der Waals surface area contributed by atoms with Crippen molar-refractivity contribution in [3.63, 3.8) is 0 Å². The Morgan fingerprint density at radius 2 is 1.97 bits per heavy atom. The smallest absolute Gasteiger partial charge is 0.289 e. The van der Waals surface area contributed by atoms with Gasteiger partial charge < -0.3 is 26.8 Å². The Bertz CT molecular complexity index is 922. The second-order valence-corrected chi connectivity index (χ2v) is 7.53. The monoisotopic (exact) mass is 485 g/mol. The van der Waals surface area contributed by atoms with E-state index in [4.69, 9.17) is 16.2 Å². The second kappa shape index (κ2) is 13.2. The van der Waals surface area contributed by atoms with Gasteiger partial charge in [0.15, 0.2) is 5.96 Å². The number of anilines is 1. The minimum atomic E-state index is -0.329. The van der Waals surface area contributed by atoms with Crippen molar-refractivity contribution in [3.05, 3.63) is 29.6 Å². The first-order chi connectivity index (χ1) is 14.5. The molecule has 0 unspecified atom stereocenters. The van der Waals surface area contributed by atoms with Crippen LogP contribution >= 0.6 is 24.8 Å². The minimum absolute atomic E-state index is 0. The quantitative estimate of drug-likeness (QED) is 0.255. The molecule has 0 aliphatic heterocycles. The summed E-state index contributed by atoms with van der Waals surface area (Å²) in [6.45, 7) is 5.38. The van der Waals surface area contributed by atoms with Crippen molar-refractivity contribution in [1.29, 1.82) is 0 Å². The van der Waals surface area contributed by atoms with E-state index in [0.717, 1.165) is 36.6 Å². The van der Waals surface area contributed by atoms with Crippen LogP contribution in [0.3, 0.4) is 0 Å². The van der Waals surface area contributed by atoms with E-state index >= 15 is 0 Å². The summed E-state index contributed by atoms with van der Waals surface area (Å²) in [6.07, 6.45) is 3.99. The van der Waals surface area contributed by atoms with E-state index in [-0.39, 0.29) is 54.6 Å². The molecule has 1 fully saturated rings. The molecule has 1 aromatic heterocycles. The van der Waals surface area contributed by atoms with Gasteiger partial charge in [-0.05, 0) is 38.8 Å². The molecule has 3 rings (SSSR count). The van der Waals surface area contributed by atoms with Gasteiger partial charge in [0, 0.05) is 18.5 Å². The average Bonchev–Trinajstić information content (AvgIpc) is 2.72. The highest BCUT2D eigenvalue weighted by molar-refractivity contribution is 5.96. The Hall–Kier alpha value is -2.36. The number of amides is 1. The van der Waals surface area contributed by atoms with E-state index in [9.17, 15) is 4.79 Å². The molecule has 0 bridgehead atoms. The zero-order valence-corrected chi connectivity index (χ0v) is 20.1. The molecule has 32 heavy (non-hydrogen) atoms. The van der Waals surface area contributed by atoms with Crippen LogP contribution in [0.25, 0.3) is 10.9 Å². The molecular weight excluding hydrogens is 453 g/mol. The molecule has 11 heteroatoms. The van der Waals surface area contributed by atoms with Gasteiger partial charge in [-0.25, -0.2) is 15.0 Å². The molecular formula is C21H33Cl2N7O2. The molecule has 2 aromatic rings. The molecule has 6 N–H and O–H groups in total. The largest absolute Gasteiger partial charge is 0.380 e. The lowest BCUT2D eigenvalue weighted by Gasteiger charge is -2.30. The summed E-state index contributed by atoms with van der Waals surface area (Å²) in [6, 6.07) is 5.91. The van der Waals surface area contributed by atoms with E-state index in [1.54, 1.807) is 0 Å². The van der Waals surface area contributed by atoms with Crippen molar-refractivity contribution in [2.45, 2.75) is 51.6 Å². The number of halogens is 2. The molecule has 1 aliphatic carbocycles. The summed E-state index contributed by atoms with van der Waals surface area (Å²) in [5, 5.41) is 7.18. The molecule has 0 spiro atoms. The summed E-state index contributed by atoms with van der Waals surface area (Å²) in [7, 11) is 0. The number of nitrogens with one attached hydrogen (secondary N) is 2. The van der Waals surface area contributed by atoms with Gasteiger partial charge in [-0.2, -0.15) is 0 Å². The van der Waals surface area contributed by atoms with Crippen molar-refractivity contribution in [1.82, 2.24) is 15.3 Å². The lowest BCUT2D eigenvalue weighted by molar-refractivity contribution is 0.0913. The lowest BCUT2D eigenvalue weighted by Crippen LogP contribution is -2.38. The van der Waals surface area contributed by atoms with E-state index in [0.29, 0.717) is 31.1 Å². The van der Waals surface area contributed by atoms with Crippen LogP contribution in [0.1, 0.15) is 48.8 Å². The fourth-order valence-electron chi connectivity index (χ4n) is 3.72. The maximum absolute atomic E-state index is 12.6. The number of aromatic nitrogens is 2. The zero-order valence-electron chi connectivity index (χ0n) is 18.5. The number of hydrogen-bond acceptors (Lipinski definition) is 6. The number of hydrogen-bond donors (Lipinski definition) is 4. The number of benzene rings is 1. The highest BCUT2D eigenvalue weighted by atomic mass is 35.5. The number of fused-ring (bicyclic) bond motifs is 1. The van der Waals surface area contributed by atoms with Gasteiger partial charge >= 0.3 is 0 Å². The number of aryl methyl sites for hydroxylation is 1. The first kappa shape index (κ1) is 27.7. The third-order valence-corrected chi connectivity index (χ3v) is 5.16. The van der Waals surface area contributed by atoms with Crippen LogP contribution in [-0.4, -0.2) is 53.7 Å². The third-order valence-electron chi connectivity index (χ3n) is 5.16. The van der Waals surface area contributed by atoms with Crippen molar-refractivity contribution >= 4 is 53.4 Å². The molecule has 1 amide bonds. The Kier molecular flexibility index (Phi) is 11.5. The lowest BCUT2D eigenvalue weighted by atomic mass is 9.90. The van der Waals surface area contributed by atoms with Crippen LogP contribution in [0.4, 0.5) is 5.82 Å². The minimum Gasteiger partial charge on any atom is -0.380 e. The Morgan fingerprint density at radius 1 is 1.22 bits per heavy atom. The maximum atomic E-state index is 12.6. The molecule has 9 nitrogen and oxygen atoms in total. The predicted molar refractivity (Wildman–Crippen MR) is 133 cm³/mol. The van der Waals surface area contributed by atoms with Crippen LogP contribution in [0.5, 0.6) is 0 Å². The predicted octanol–water partition coefficient (Wildman–Crippen LogP) is 2.54. The molecule has 2 atom stereocenters. The van der Waals surface area contributed by atoms with Crippen LogP contribution < -0.4 is 22.1 Å². The highest BCUT2D eigenvalue weighted by Gasteiger charge is 2.26. The highest BCUT2D eigenvalue weighted by Crippen LogP contribution is 2.28. The van der Waals surface area contributed by atoms with E-state index < -0.39 is 0 Å². The molecule has 1 saturated carbocycles. The number of carbonyl (C=O) groups is 1. The molecule has 0 radical (unpaired) electrons. The maximum Gasteiger partial charge on any atom is 0.289 e. The molecule has 0 saturated heterocycles. The fourth-order valence-corrected chi connectivity index (χ4v) is 3.72. The molecule has 178 valence electrons. The topological polar surface area (TPSA) is 141 Å². The van der Waals surface area contributed by atoms with Gasteiger partial charge in [0.25, 0.3) is 5.91 Å². The normalized spacial score (nSPS) is 17.6. The third kappa shape index (κ3) is 7.36. The van der Waals surface area contributed by atoms with Gasteiger partial charge in [-0.15, -0.1) is 24.8 Å². The number of carbonyl (C=O) groups excluding carboxylic acids is 1. The van der Waals surface area contributed by atoms with Crippen LogP contribution in [0, 0.1) is 6.92 Å². The first-order valence-corrected chi connectivity index (χ1v) is 10.5. The Balaban J connectivity index is 0.00000256. The van der Waals surface area contributed by atoms with Gasteiger partial charge in [0.1, 0.15) is 5.82 Å². The van der Waals surface area contributed by atoms with Crippen molar-refractivity contribution in [3.8, 4) is 0 Å². The SMILES string of the molecule is CCOCCNC(=O)c1nc(N[C@H]2CCCC[C@H]2N=C(N)N)c2cc(C)ccc2n1.Cl.Cl. The fraction of sp³-hybridized carbons (Fsp3) is 0.524. The van der Waals surface area contributed by atoms with Crippen molar-refractivity contribution in [2.24, 2.45) is 16.5 Å². The van der Waals surface area contributed by atoms with Crippen LogP contribution in [-0.2, 0) is 4.74 Å². The molecule has 1 aromatic carbocycles. The standard InChI is InChI=1S/C21H31N7O2.2ClH/c1-3-30-11-10-24-20(29)19-25-15-9-8-13(2)12-14(15)18(28-19)26-16-6-4-5-7-17(16)27-21(22)23;;/h8-9,12,16-17H,3-7,10-11H2,1-2H3,(H,24,29)(H4,22,23,27)(H,25,26,28);2*1H/t16-,17+;;/m0../s1. The molecule has 1 heterocycles. The molecule has 1 aliphatic rings. The number of nitrogens with two attached hydrogens (primary N) is 2. The second-order valence-electron chi connectivity index (χ2n) is 7.53. The Morgan fingerprint density at radius 3 is 2.69 bits per heavy atom. The van der Waals surface area contributed by atoms with Crippen LogP contribution in [0.2, 0.25) is 0 Å². The van der Waals surface area contributed by atoms with Gasteiger partial charge in [-0.1, -0.05) is 24.5 Å². The Labute approximate surface area is 201 Å². The van der Waals surface area contributed by atoms with Gasteiger partial charge in [0.05, 0.1) is 24.2 Å².